The largest absolute Gasteiger partial charge is 0.506 e. The maximum absolute atomic E-state index is 12.6. The van der Waals surface area contributed by atoms with Gasteiger partial charge in [-0.15, -0.1) is 0 Å². The highest BCUT2D eigenvalue weighted by Crippen LogP contribution is 2.23. The van der Waals surface area contributed by atoms with Crippen molar-refractivity contribution < 1.29 is 19.1 Å². The first kappa shape index (κ1) is 18.5. The molecule has 7 nitrogen and oxygen atoms in total. The van der Waals surface area contributed by atoms with Crippen LogP contribution in [0.4, 0.5) is 0 Å². The molecule has 0 spiro atoms. The number of nitrogens with one attached hydrogen (secondary N) is 1. The molecule has 0 aliphatic heterocycles. The average Bonchev–Trinajstić information content (AvgIpc) is 3.40. The zero-order valence-corrected chi connectivity index (χ0v) is 15.6. The van der Waals surface area contributed by atoms with Crippen molar-refractivity contribution in [1.82, 2.24) is 9.99 Å². The number of halogens is 1. The van der Waals surface area contributed by atoms with Crippen molar-refractivity contribution in [2.45, 2.75) is 0 Å². The minimum absolute atomic E-state index is 0.0787. The van der Waals surface area contributed by atoms with Crippen molar-refractivity contribution >= 4 is 40.5 Å². The number of hydrogen-bond acceptors (Lipinski definition) is 5. The minimum Gasteiger partial charge on any atom is -0.506 e. The molecule has 0 saturated carbocycles. The number of carbonyl (C=O) groups excluding carboxylic acids is 2. The second-order valence-electron chi connectivity index (χ2n) is 6.15. The van der Waals surface area contributed by atoms with E-state index in [9.17, 15) is 14.7 Å². The number of hydrazone groups is 1. The lowest BCUT2D eigenvalue weighted by Crippen LogP contribution is -2.17. The lowest BCUT2D eigenvalue weighted by molar-refractivity contribution is 0.0950. The third-order valence-corrected chi connectivity index (χ3v) is 4.64. The molecule has 4 rings (SSSR count). The van der Waals surface area contributed by atoms with E-state index in [2.05, 4.69) is 10.5 Å². The Morgan fingerprint density at radius 2 is 2.00 bits per heavy atom. The number of rotatable bonds is 4. The third-order valence-electron chi connectivity index (χ3n) is 4.33. The summed E-state index contributed by atoms with van der Waals surface area (Å²) >= 11 is 5.81. The van der Waals surface area contributed by atoms with Gasteiger partial charge in [0.05, 0.1) is 28.6 Å². The van der Waals surface area contributed by atoms with E-state index in [1.54, 1.807) is 24.4 Å². The molecule has 29 heavy (non-hydrogen) atoms. The molecule has 2 heterocycles. The molecule has 2 N–H and O–H groups in total. The summed E-state index contributed by atoms with van der Waals surface area (Å²) in [5.41, 5.74) is 4.56. The fraction of sp³-hybridized carbons (Fsp3) is 0. The van der Waals surface area contributed by atoms with Crippen LogP contribution in [0.1, 0.15) is 26.3 Å². The molecule has 8 heteroatoms. The Morgan fingerprint density at radius 1 is 1.14 bits per heavy atom. The van der Waals surface area contributed by atoms with Gasteiger partial charge >= 0.3 is 0 Å². The van der Waals surface area contributed by atoms with Crippen LogP contribution in [0.25, 0.3) is 10.9 Å². The second kappa shape index (κ2) is 7.65. The zero-order valence-electron chi connectivity index (χ0n) is 14.9. The van der Waals surface area contributed by atoms with Crippen molar-refractivity contribution in [2.75, 3.05) is 0 Å². The Morgan fingerprint density at radius 3 is 2.76 bits per heavy atom. The van der Waals surface area contributed by atoms with Crippen LogP contribution in [0.2, 0.25) is 5.02 Å². The lowest BCUT2D eigenvalue weighted by Gasteiger charge is -2.04. The molecule has 0 bridgehead atoms. The summed E-state index contributed by atoms with van der Waals surface area (Å²) in [5, 5.41) is 14.3. The van der Waals surface area contributed by atoms with E-state index < -0.39 is 5.91 Å². The summed E-state index contributed by atoms with van der Waals surface area (Å²) in [6.45, 7) is 0. The molecule has 144 valence electrons. The summed E-state index contributed by atoms with van der Waals surface area (Å²) in [6.07, 6.45) is 6.01. The van der Waals surface area contributed by atoms with Gasteiger partial charge in [-0.25, -0.2) is 5.43 Å². The van der Waals surface area contributed by atoms with Gasteiger partial charge in [-0.3, -0.25) is 14.2 Å². The van der Waals surface area contributed by atoms with E-state index in [-0.39, 0.29) is 22.2 Å². The smallest absolute Gasteiger partial charge is 0.271 e. The number of aromatic hydroxyl groups is 1. The SMILES string of the molecule is O=C(NN=Cc1cccc2c1ccn2C(=O)c1ccoc1)c1ccc(O)c(Cl)c1. The molecule has 0 radical (unpaired) electrons. The summed E-state index contributed by atoms with van der Waals surface area (Å²) in [5.74, 6) is -0.781. The van der Waals surface area contributed by atoms with Gasteiger partial charge in [0.25, 0.3) is 11.8 Å². The van der Waals surface area contributed by atoms with Gasteiger partial charge in [0, 0.05) is 22.7 Å². The Balaban J connectivity index is 1.56. The minimum atomic E-state index is -0.469. The van der Waals surface area contributed by atoms with E-state index in [4.69, 9.17) is 16.0 Å². The van der Waals surface area contributed by atoms with E-state index in [0.29, 0.717) is 11.1 Å². The van der Waals surface area contributed by atoms with Crippen LogP contribution in [0.5, 0.6) is 5.75 Å². The first-order chi connectivity index (χ1) is 14.0. The van der Waals surface area contributed by atoms with Crippen molar-refractivity contribution in [3.8, 4) is 5.75 Å². The third kappa shape index (κ3) is 3.63. The summed E-state index contributed by atoms with van der Waals surface area (Å²) in [4.78, 5) is 24.8. The number of phenols is 1. The molecular formula is C21H14ClN3O4. The van der Waals surface area contributed by atoms with Crippen molar-refractivity contribution in [1.29, 1.82) is 0 Å². The predicted molar refractivity (Wildman–Crippen MR) is 109 cm³/mol. The predicted octanol–water partition coefficient (Wildman–Crippen LogP) is 4.05. The van der Waals surface area contributed by atoms with E-state index in [1.165, 1.54) is 41.5 Å². The van der Waals surface area contributed by atoms with Gasteiger partial charge in [0.1, 0.15) is 12.0 Å². The quantitative estimate of drug-likeness (QED) is 0.394. The van der Waals surface area contributed by atoms with E-state index in [0.717, 1.165) is 10.9 Å². The molecule has 1 amide bonds. The van der Waals surface area contributed by atoms with Crippen molar-refractivity contribution in [3.63, 3.8) is 0 Å². The van der Waals surface area contributed by atoms with E-state index >= 15 is 0 Å². The van der Waals surface area contributed by atoms with Gasteiger partial charge in [-0.05, 0) is 36.4 Å². The lowest BCUT2D eigenvalue weighted by atomic mass is 10.1. The number of furan rings is 1. The number of fused-ring (bicyclic) bond motifs is 1. The van der Waals surface area contributed by atoms with Gasteiger partial charge in [-0.1, -0.05) is 23.7 Å². The molecular weight excluding hydrogens is 394 g/mol. The monoisotopic (exact) mass is 407 g/mol. The molecule has 2 aromatic heterocycles. The standard InChI is InChI=1S/C21H14ClN3O4/c22-17-10-13(4-5-19(17)26)20(27)24-23-11-14-2-1-3-18-16(14)6-8-25(18)21(28)15-7-9-29-12-15/h1-12,26H,(H,24,27). The molecule has 0 aliphatic carbocycles. The summed E-state index contributed by atoms with van der Waals surface area (Å²) in [7, 11) is 0. The zero-order chi connectivity index (χ0) is 20.4. The molecule has 0 aliphatic rings. The number of nitrogens with zero attached hydrogens (tertiary/aromatic N) is 2. The summed E-state index contributed by atoms with van der Waals surface area (Å²) < 4.78 is 6.50. The topological polar surface area (TPSA) is 96.8 Å². The number of benzene rings is 2. The Kier molecular flexibility index (Phi) is 4.88. The normalized spacial score (nSPS) is 11.2. The number of phenolic OH excluding ortho intramolecular Hbond substituents is 1. The van der Waals surface area contributed by atoms with Gasteiger partial charge < -0.3 is 9.52 Å². The number of amides is 1. The maximum atomic E-state index is 12.6. The van der Waals surface area contributed by atoms with Crippen LogP contribution in [0.15, 0.2) is 76.8 Å². The Labute approximate surface area is 169 Å². The van der Waals surface area contributed by atoms with Gasteiger partial charge in [-0.2, -0.15) is 5.10 Å². The first-order valence-corrected chi connectivity index (χ1v) is 8.91. The van der Waals surface area contributed by atoms with Crippen LogP contribution < -0.4 is 5.43 Å². The highest BCUT2D eigenvalue weighted by atomic mass is 35.5. The molecule has 0 atom stereocenters. The molecule has 0 fully saturated rings. The number of aromatic nitrogens is 1. The highest BCUT2D eigenvalue weighted by Gasteiger charge is 2.13. The average molecular weight is 408 g/mol. The van der Waals surface area contributed by atoms with Crippen LogP contribution in [-0.2, 0) is 0 Å². The van der Waals surface area contributed by atoms with Crippen LogP contribution >= 0.6 is 11.6 Å². The van der Waals surface area contributed by atoms with Crippen LogP contribution in [-0.4, -0.2) is 27.7 Å². The van der Waals surface area contributed by atoms with Crippen molar-refractivity contribution in [3.05, 3.63) is 89.0 Å². The highest BCUT2D eigenvalue weighted by molar-refractivity contribution is 6.32. The number of carbonyl (C=O) groups is 2. The fourth-order valence-electron chi connectivity index (χ4n) is 2.88. The van der Waals surface area contributed by atoms with E-state index in [1.807, 2.05) is 12.1 Å². The molecule has 0 saturated heterocycles. The fourth-order valence-corrected chi connectivity index (χ4v) is 3.06. The Hall–Kier alpha value is -3.84. The van der Waals surface area contributed by atoms with Crippen molar-refractivity contribution in [2.24, 2.45) is 5.10 Å². The number of hydrogen-bond donors (Lipinski definition) is 2. The molecule has 0 unspecified atom stereocenters. The molecule has 2 aromatic carbocycles. The summed E-state index contributed by atoms with van der Waals surface area (Å²) in [6, 6.07) is 13.0. The maximum Gasteiger partial charge on any atom is 0.271 e. The Bertz CT molecular complexity index is 1240. The van der Waals surface area contributed by atoms with Gasteiger partial charge in [0.15, 0.2) is 0 Å². The van der Waals surface area contributed by atoms with Crippen LogP contribution in [0.3, 0.4) is 0 Å². The first-order valence-electron chi connectivity index (χ1n) is 8.53. The molecule has 4 aromatic rings. The second-order valence-corrected chi connectivity index (χ2v) is 6.56. The van der Waals surface area contributed by atoms with Gasteiger partial charge in [0.2, 0.25) is 0 Å². The van der Waals surface area contributed by atoms with Crippen LogP contribution in [0, 0.1) is 0 Å².